The van der Waals surface area contributed by atoms with Crippen LogP contribution in [-0.2, 0) is 4.79 Å². The van der Waals surface area contributed by atoms with E-state index in [0.717, 1.165) is 12.8 Å². The van der Waals surface area contributed by atoms with E-state index in [-0.39, 0.29) is 24.5 Å². The zero-order valence-electron chi connectivity index (χ0n) is 14.1. The standard InChI is InChI=1S/C20H22N2O3/c23-19(15-25-18-9-5-2-6-10-18)22-13-11-17(12-14-22)21-20(24)16-7-3-1-4-8-16/h1-10,17H,11-15H2,(H,21,24). The van der Waals surface area contributed by atoms with E-state index in [1.165, 1.54) is 0 Å². The Morgan fingerprint density at radius 3 is 2.20 bits per heavy atom. The van der Waals surface area contributed by atoms with Gasteiger partial charge in [-0.25, -0.2) is 0 Å². The Hall–Kier alpha value is -2.82. The molecule has 25 heavy (non-hydrogen) atoms. The van der Waals surface area contributed by atoms with Gasteiger partial charge in [-0.15, -0.1) is 0 Å². The maximum atomic E-state index is 12.2. The van der Waals surface area contributed by atoms with Gasteiger partial charge in [-0.05, 0) is 37.1 Å². The van der Waals surface area contributed by atoms with Crippen molar-refractivity contribution in [1.82, 2.24) is 10.2 Å². The molecule has 0 atom stereocenters. The van der Waals surface area contributed by atoms with Gasteiger partial charge >= 0.3 is 0 Å². The molecule has 0 unspecified atom stereocenters. The number of rotatable bonds is 5. The summed E-state index contributed by atoms with van der Waals surface area (Å²) in [4.78, 5) is 26.2. The van der Waals surface area contributed by atoms with Crippen molar-refractivity contribution in [2.75, 3.05) is 19.7 Å². The van der Waals surface area contributed by atoms with Gasteiger partial charge in [0.1, 0.15) is 5.75 Å². The first-order valence-electron chi connectivity index (χ1n) is 8.54. The second-order valence-electron chi connectivity index (χ2n) is 6.10. The lowest BCUT2D eigenvalue weighted by Gasteiger charge is -2.32. The first-order valence-corrected chi connectivity index (χ1v) is 8.54. The second-order valence-corrected chi connectivity index (χ2v) is 6.10. The molecule has 0 aromatic heterocycles. The molecule has 0 saturated carbocycles. The minimum atomic E-state index is -0.0576. The number of hydrogen-bond acceptors (Lipinski definition) is 3. The monoisotopic (exact) mass is 338 g/mol. The average Bonchev–Trinajstić information content (AvgIpc) is 2.68. The maximum absolute atomic E-state index is 12.2. The van der Waals surface area contributed by atoms with Crippen LogP contribution in [0.2, 0.25) is 0 Å². The SMILES string of the molecule is O=C(NC1CCN(C(=O)COc2ccccc2)CC1)c1ccccc1. The zero-order chi connectivity index (χ0) is 17.5. The summed E-state index contributed by atoms with van der Waals surface area (Å²) >= 11 is 0. The highest BCUT2D eigenvalue weighted by Gasteiger charge is 2.24. The van der Waals surface area contributed by atoms with Crippen molar-refractivity contribution in [2.24, 2.45) is 0 Å². The molecule has 1 N–H and O–H groups in total. The molecular formula is C20H22N2O3. The molecule has 0 radical (unpaired) electrons. The van der Waals surface area contributed by atoms with Gasteiger partial charge in [-0.2, -0.15) is 0 Å². The lowest BCUT2D eigenvalue weighted by Crippen LogP contribution is -2.47. The van der Waals surface area contributed by atoms with Gasteiger partial charge < -0.3 is 15.0 Å². The quantitative estimate of drug-likeness (QED) is 0.911. The summed E-state index contributed by atoms with van der Waals surface area (Å²) in [5.74, 6) is 0.621. The third-order valence-electron chi connectivity index (χ3n) is 4.32. The van der Waals surface area contributed by atoms with Crippen LogP contribution in [0.1, 0.15) is 23.2 Å². The Morgan fingerprint density at radius 1 is 0.960 bits per heavy atom. The van der Waals surface area contributed by atoms with E-state index in [1.54, 1.807) is 17.0 Å². The van der Waals surface area contributed by atoms with Crippen LogP contribution >= 0.6 is 0 Å². The van der Waals surface area contributed by atoms with Crippen LogP contribution in [0.5, 0.6) is 5.75 Å². The van der Waals surface area contributed by atoms with Gasteiger partial charge in [0.05, 0.1) is 0 Å². The highest BCUT2D eigenvalue weighted by atomic mass is 16.5. The maximum Gasteiger partial charge on any atom is 0.260 e. The number of amides is 2. The Bertz CT molecular complexity index is 695. The number of nitrogens with zero attached hydrogens (tertiary/aromatic N) is 1. The van der Waals surface area contributed by atoms with Gasteiger partial charge in [-0.1, -0.05) is 36.4 Å². The summed E-state index contributed by atoms with van der Waals surface area (Å²) in [7, 11) is 0. The molecule has 2 aromatic carbocycles. The minimum Gasteiger partial charge on any atom is -0.484 e. The highest BCUT2D eigenvalue weighted by Crippen LogP contribution is 2.13. The van der Waals surface area contributed by atoms with Gasteiger partial charge in [0.2, 0.25) is 0 Å². The average molecular weight is 338 g/mol. The first kappa shape index (κ1) is 17.0. The van der Waals surface area contributed by atoms with Crippen molar-refractivity contribution >= 4 is 11.8 Å². The number of hydrogen-bond donors (Lipinski definition) is 1. The number of ether oxygens (including phenoxy) is 1. The molecule has 1 aliphatic heterocycles. The molecular weight excluding hydrogens is 316 g/mol. The molecule has 5 heteroatoms. The van der Waals surface area contributed by atoms with E-state index < -0.39 is 0 Å². The van der Waals surface area contributed by atoms with Crippen LogP contribution in [-0.4, -0.2) is 42.5 Å². The summed E-state index contributed by atoms with van der Waals surface area (Å²) in [6.45, 7) is 1.32. The molecule has 2 aromatic rings. The summed E-state index contributed by atoms with van der Waals surface area (Å²) < 4.78 is 5.51. The Kier molecular flexibility index (Phi) is 5.67. The van der Waals surface area contributed by atoms with Gasteiger partial charge in [0.25, 0.3) is 11.8 Å². The lowest BCUT2D eigenvalue weighted by molar-refractivity contribution is -0.134. The second kappa shape index (κ2) is 8.33. The number of benzene rings is 2. The molecule has 5 nitrogen and oxygen atoms in total. The van der Waals surface area contributed by atoms with Crippen molar-refractivity contribution in [3.8, 4) is 5.75 Å². The van der Waals surface area contributed by atoms with Crippen molar-refractivity contribution in [1.29, 1.82) is 0 Å². The number of nitrogens with one attached hydrogen (secondary N) is 1. The van der Waals surface area contributed by atoms with Crippen LogP contribution in [0, 0.1) is 0 Å². The molecule has 1 heterocycles. The van der Waals surface area contributed by atoms with Crippen LogP contribution in [0.3, 0.4) is 0 Å². The number of likely N-dealkylation sites (tertiary alicyclic amines) is 1. The molecule has 1 fully saturated rings. The number of carbonyl (C=O) groups excluding carboxylic acids is 2. The molecule has 0 bridgehead atoms. The predicted molar refractivity (Wildman–Crippen MR) is 95.4 cm³/mol. The topological polar surface area (TPSA) is 58.6 Å². The van der Waals surface area contributed by atoms with E-state index in [0.29, 0.717) is 24.4 Å². The van der Waals surface area contributed by atoms with Crippen molar-refractivity contribution < 1.29 is 14.3 Å². The van der Waals surface area contributed by atoms with E-state index >= 15 is 0 Å². The Balaban J connectivity index is 1.42. The van der Waals surface area contributed by atoms with Crippen LogP contribution < -0.4 is 10.1 Å². The van der Waals surface area contributed by atoms with Crippen molar-refractivity contribution in [3.05, 3.63) is 66.2 Å². The van der Waals surface area contributed by atoms with E-state index in [9.17, 15) is 9.59 Å². The number of para-hydroxylation sites is 1. The fourth-order valence-electron chi connectivity index (χ4n) is 2.88. The van der Waals surface area contributed by atoms with E-state index in [1.807, 2.05) is 48.5 Å². The minimum absolute atomic E-state index is 0.0170. The summed E-state index contributed by atoms with van der Waals surface area (Å²) in [6.07, 6.45) is 1.52. The third-order valence-corrected chi connectivity index (χ3v) is 4.32. The normalized spacial score (nSPS) is 14.8. The van der Waals surface area contributed by atoms with Crippen LogP contribution in [0.15, 0.2) is 60.7 Å². The summed E-state index contributed by atoms with van der Waals surface area (Å²) in [6, 6.07) is 18.6. The van der Waals surface area contributed by atoms with Gasteiger partial charge in [-0.3, -0.25) is 9.59 Å². The fraction of sp³-hybridized carbons (Fsp3) is 0.300. The molecule has 3 rings (SSSR count). The lowest BCUT2D eigenvalue weighted by atomic mass is 10.0. The number of carbonyl (C=O) groups is 2. The summed E-state index contributed by atoms with van der Waals surface area (Å²) in [5, 5.41) is 3.04. The van der Waals surface area contributed by atoms with E-state index in [4.69, 9.17) is 4.74 Å². The van der Waals surface area contributed by atoms with Crippen molar-refractivity contribution in [2.45, 2.75) is 18.9 Å². The molecule has 1 aliphatic rings. The predicted octanol–water partition coefficient (Wildman–Crippen LogP) is 2.49. The van der Waals surface area contributed by atoms with Crippen LogP contribution in [0.4, 0.5) is 0 Å². The molecule has 1 saturated heterocycles. The van der Waals surface area contributed by atoms with Crippen LogP contribution in [0.25, 0.3) is 0 Å². The molecule has 130 valence electrons. The molecule has 0 spiro atoms. The Labute approximate surface area is 147 Å². The highest BCUT2D eigenvalue weighted by molar-refractivity contribution is 5.94. The summed E-state index contributed by atoms with van der Waals surface area (Å²) in [5.41, 5.74) is 0.664. The zero-order valence-corrected chi connectivity index (χ0v) is 14.1. The largest absolute Gasteiger partial charge is 0.484 e. The van der Waals surface area contributed by atoms with Gasteiger partial charge in [0, 0.05) is 24.7 Å². The fourth-order valence-corrected chi connectivity index (χ4v) is 2.88. The smallest absolute Gasteiger partial charge is 0.260 e. The molecule has 0 aliphatic carbocycles. The van der Waals surface area contributed by atoms with E-state index in [2.05, 4.69) is 5.32 Å². The number of piperidine rings is 1. The molecule has 2 amide bonds. The Morgan fingerprint density at radius 2 is 1.56 bits per heavy atom. The van der Waals surface area contributed by atoms with Crippen molar-refractivity contribution in [3.63, 3.8) is 0 Å². The van der Waals surface area contributed by atoms with Gasteiger partial charge in [0.15, 0.2) is 6.61 Å². The third kappa shape index (κ3) is 4.83. The first-order chi connectivity index (χ1) is 12.2.